The van der Waals surface area contributed by atoms with Gasteiger partial charge in [0, 0.05) is 17.7 Å². The van der Waals surface area contributed by atoms with Crippen molar-refractivity contribution in [2.24, 2.45) is 0 Å². The van der Waals surface area contributed by atoms with E-state index < -0.39 is 10.0 Å². The highest BCUT2D eigenvalue weighted by Crippen LogP contribution is 2.43. The maximum Gasteiger partial charge on any atom is 0.262 e. The van der Waals surface area contributed by atoms with Crippen molar-refractivity contribution in [3.05, 3.63) is 47.5 Å². The van der Waals surface area contributed by atoms with Gasteiger partial charge >= 0.3 is 0 Å². The minimum absolute atomic E-state index is 0.119. The molecule has 0 aromatic heterocycles. The number of hydrogen-bond donors (Lipinski definition) is 1. The molecule has 1 N–H and O–H groups in total. The van der Waals surface area contributed by atoms with Crippen LogP contribution < -0.4 is 42.6 Å². The Hall–Kier alpha value is -4.45. The largest absolute Gasteiger partial charge is 0.493 e. The van der Waals surface area contributed by atoms with Crippen LogP contribution in [0.1, 0.15) is 11.1 Å². The van der Waals surface area contributed by atoms with Crippen LogP contribution in [-0.4, -0.2) is 65.3 Å². The van der Waals surface area contributed by atoms with Crippen molar-refractivity contribution in [1.29, 1.82) is 0 Å². The molecule has 0 radical (unpaired) electrons. The van der Waals surface area contributed by atoms with E-state index in [4.69, 9.17) is 37.9 Å². The fourth-order valence-electron chi connectivity index (χ4n) is 3.98. The second kappa shape index (κ2) is 13.1. The zero-order chi connectivity index (χ0) is 29.4. The van der Waals surface area contributed by atoms with Crippen LogP contribution in [0.5, 0.6) is 46.0 Å². The molecule has 0 atom stereocenters. The van der Waals surface area contributed by atoms with Gasteiger partial charge in [-0.15, -0.1) is 0 Å². The normalized spacial score (nSPS) is 11.1. The average molecular weight is 576 g/mol. The highest BCUT2D eigenvalue weighted by atomic mass is 32.2. The predicted molar refractivity (Wildman–Crippen MR) is 151 cm³/mol. The van der Waals surface area contributed by atoms with Crippen LogP contribution in [-0.2, 0) is 10.0 Å². The Morgan fingerprint density at radius 2 is 1.00 bits per heavy atom. The third kappa shape index (κ3) is 6.07. The summed E-state index contributed by atoms with van der Waals surface area (Å²) in [4.78, 5) is -0.119. The van der Waals surface area contributed by atoms with Gasteiger partial charge in [-0.05, 0) is 29.8 Å². The number of sulfonamides is 1. The molecule has 0 saturated carbocycles. The highest BCUT2D eigenvalue weighted by molar-refractivity contribution is 7.92. The molecule has 12 heteroatoms. The van der Waals surface area contributed by atoms with Crippen LogP contribution in [0.25, 0.3) is 12.2 Å². The molecule has 0 aliphatic heterocycles. The van der Waals surface area contributed by atoms with Crippen LogP contribution >= 0.6 is 0 Å². The van der Waals surface area contributed by atoms with E-state index in [9.17, 15) is 8.42 Å². The highest BCUT2D eigenvalue weighted by Gasteiger charge is 2.25. The number of anilines is 1. The van der Waals surface area contributed by atoms with E-state index in [1.54, 1.807) is 36.4 Å². The molecule has 3 rings (SSSR count). The van der Waals surface area contributed by atoms with Crippen molar-refractivity contribution < 1.29 is 46.3 Å². The van der Waals surface area contributed by atoms with Crippen LogP contribution in [0.15, 0.2) is 41.3 Å². The maximum absolute atomic E-state index is 13.6. The Labute approximate surface area is 234 Å². The van der Waals surface area contributed by atoms with Crippen molar-refractivity contribution in [2.45, 2.75) is 4.90 Å². The first-order chi connectivity index (χ1) is 19.2. The molecule has 216 valence electrons. The Bertz CT molecular complexity index is 1430. The SMILES string of the molecule is COc1cc(/C=C\c2ccc(OC)c(OC)c2NS(=O)(=O)c2cc(OC)c(OC)c(OC)c2)cc(OC)c1OC. The molecule has 0 bridgehead atoms. The molecule has 11 nitrogen and oxygen atoms in total. The van der Waals surface area contributed by atoms with E-state index >= 15 is 0 Å². The van der Waals surface area contributed by atoms with E-state index in [0.717, 1.165) is 0 Å². The Balaban J connectivity index is 2.15. The summed E-state index contributed by atoms with van der Waals surface area (Å²) in [6.45, 7) is 0. The van der Waals surface area contributed by atoms with Crippen LogP contribution in [0.3, 0.4) is 0 Å². The molecular formula is C28H33NO10S. The zero-order valence-corrected chi connectivity index (χ0v) is 24.4. The lowest BCUT2D eigenvalue weighted by atomic mass is 10.1. The van der Waals surface area contributed by atoms with E-state index in [0.29, 0.717) is 34.1 Å². The molecule has 0 heterocycles. The Kier molecular flexibility index (Phi) is 9.83. The van der Waals surface area contributed by atoms with Crippen molar-refractivity contribution in [1.82, 2.24) is 0 Å². The molecule has 0 saturated heterocycles. The number of nitrogens with one attached hydrogen (secondary N) is 1. The van der Waals surface area contributed by atoms with Crippen molar-refractivity contribution in [3.63, 3.8) is 0 Å². The summed E-state index contributed by atoms with van der Waals surface area (Å²) in [5.41, 5.74) is 1.35. The third-order valence-corrected chi connectivity index (χ3v) is 7.23. The van der Waals surface area contributed by atoms with Gasteiger partial charge < -0.3 is 37.9 Å². The summed E-state index contributed by atoms with van der Waals surface area (Å²) in [6, 6.07) is 9.56. The molecule has 0 fully saturated rings. The van der Waals surface area contributed by atoms with Gasteiger partial charge in [0.05, 0.1) is 61.8 Å². The number of hydrogen-bond acceptors (Lipinski definition) is 10. The van der Waals surface area contributed by atoms with Gasteiger partial charge in [-0.2, -0.15) is 0 Å². The minimum Gasteiger partial charge on any atom is -0.493 e. The molecule has 0 unspecified atom stereocenters. The van der Waals surface area contributed by atoms with Crippen molar-refractivity contribution in [2.75, 3.05) is 61.6 Å². The first-order valence-corrected chi connectivity index (χ1v) is 13.3. The third-order valence-electron chi connectivity index (χ3n) is 5.91. The van der Waals surface area contributed by atoms with Crippen molar-refractivity contribution in [3.8, 4) is 46.0 Å². The van der Waals surface area contributed by atoms with Crippen LogP contribution in [0.4, 0.5) is 5.69 Å². The number of ether oxygens (including phenoxy) is 8. The second-order valence-electron chi connectivity index (χ2n) is 8.02. The fraction of sp³-hybridized carbons (Fsp3) is 0.286. The molecule has 3 aromatic carbocycles. The Morgan fingerprint density at radius 3 is 1.43 bits per heavy atom. The van der Waals surface area contributed by atoms with Crippen molar-refractivity contribution >= 4 is 27.9 Å². The predicted octanol–water partition coefficient (Wildman–Crippen LogP) is 4.73. The molecular weight excluding hydrogens is 542 g/mol. The topological polar surface area (TPSA) is 120 Å². The minimum atomic E-state index is -4.19. The van der Waals surface area contributed by atoms with Crippen LogP contribution in [0.2, 0.25) is 0 Å². The lowest BCUT2D eigenvalue weighted by molar-refractivity contribution is 0.323. The quantitative estimate of drug-likeness (QED) is 0.287. The smallest absolute Gasteiger partial charge is 0.262 e. The first kappa shape index (κ1) is 30.1. The van der Waals surface area contributed by atoms with Gasteiger partial charge in [0.15, 0.2) is 34.5 Å². The van der Waals surface area contributed by atoms with Gasteiger partial charge in [-0.3, -0.25) is 4.72 Å². The Morgan fingerprint density at radius 1 is 0.550 bits per heavy atom. The van der Waals surface area contributed by atoms with E-state index in [1.165, 1.54) is 69.0 Å². The summed E-state index contributed by atoms with van der Waals surface area (Å²) in [5, 5.41) is 0. The van der Waals surface area contributed by atoms with E-state index in [1.807, 2.05) is 0 Å². The van der Waals surface area contributed by atoms with E-state index in [2.05, 4.69) is 4.72 Å². The molecule has 0 amide bonds. The summed E-state index contributed by atoms with van der Waals surface area (Å²) in [6.07, 6.45) is 3.48. The van der Waals surface area contributed by atoms with Gasteiger partial charge in [-0.1, -0.05) is 12.2 Å². The zero-order valence-electron chi connectivity index (χ0n) is 23.6. The summed E-state index contributed by atoms with van der Waals surface area (Å²) >= 11 is 0. The monoisotopic (exact) mass is 575 g/mol. The first-order valence-electron chi connectivity index (χ1n) is 11.8. The molecule has 0 spiro atoms. The van der Waals surface area contributed by atoms with Gasteiger partial charge in [-0.25, -0.2) is 8.42 Å². The summed E-state index contributed by atoms with van der Waals surface area (Å²) in [5.74, 6) is 2.53. The lowest BCUT2D eigenvalue weighted by Crippen LogP contribution is -2.15. The number of rotatable bonds is 13. The summed E-state index contributed by atoms with van der Waals surface area (Å²) < 4.78 is 73.1. The molecule has 0 aliphatic rings. The van der Waals surface area contributed by atoms with Crippen LogP contribution in [0, 0.1) is 0 Å². The lowest BCUT2D eigenvalue weighted by Gasteiger charge is -2.18. The van der Waals surface area contributed by atoms with E-state index in [-0.39, 0.29) is 33.6 Å². The van der Waals surface area contributed by atoms with Gasteiger partial charge in [0.1, 0.15) is 5.69 Å². The second-order valence-corrected chi connectivity index (χ2v) is 9.71. The molecule has 3 aromatic rings. The molecule has 40 heavy (non-hydrogen) atoms. The standard InChI is InChI=1S/C28H33NO10S/c1-32-20-12-11-18(10-9-17-13-21(33-2)26(37-6)22(14-17)34-3)25(28(20)39-8)29-40(30,31)19-15-23(35-4)27(38-7)24(16-19)36-5/h9-16,29H,1-8H3/b10-9-. The maximum atomic E-state index is 13.6. The van der Waals surface area contributed by atoms with Gasteiger partial charge in [0.25, 0.3) is 10.0 Å². The number of methoxy groups -OCH3 is 8. The van der Waals surface area contributed by atoms with Gasteiger partial charge in [0.2, 0.25) is 11.5 Å². The fourth-order valence-corrected chi connectivity index (χ4v) is 5.10. The molecule has 0 aliphatic carbocycles. The average Bonchev–Trinajstić information content (AvgIpc) is 2.98. The number of benzene rings is 3. The summed E-state index contributed by atoms with van der Waals surface area (Å²) in [7, 11) is 7.49.